The number of phenols is 1. The zero-order valence-corrected chi connectivity index (χ0v) is 7.81. The summed E-state index contributed by atoms with van der Waals surface area (Å²) < 4.78 is 0. The third-order valence-electron chi connectivity index (χ3n) is 2.07. The van der Waals surface area contributed by atoms with Gasteiger partial charge < -0.3 is 9.94 Å². The Hall–Kier alpha value is -2.23. The lowest BCUT2D eigenvalue weighted by molar-refractivity contribution is -0.115. The van der Waals surface area contributed by atoms with E-state index >= 15 is 0 Å². The maximum absolute atomic E-state index is 10.1. The molecule has 0 fully saturated rings. The van der Waals surface area contributed by atoms with Crippen LogP contribution >= 0.6 is 0 Å². The number of amides is 1. The van der Waals surface area contributed by atoms with Crippen LogP contribution in [-0.4, -0.2) is 11.5 Å². The number of carbonyl (C=O) groups is 1. The Morgan fingerprint density at radius 3 is 2.80 bits per heavy atom. The average Bonchev–Trinajstić information content (AvgIpc) is 2.28. The van der Waals surface area contributed by atoms with Gasteiger partial charge in [0.25, 0.3) is 0 Å². The van der Waals surface area contributed by atoms with Crippen LogP contribution in [0.3, 0.4) is 0 Å². The molecule has 0 aliphatic rings. The van der Waals surface area contributed by atoms with Crippen molar-refractivity contribution < 1.29 is 14.7 Å². The Morgan fingerprint density at radius 2 is 2.00 bits per heavy atom. The Balaban J connectivity index is 2.57. The van der Waals surface area contributed by atoms with Crippen molar-refractivity contribution in [3.63, 3.8) is 0 Å². The zero-order valence-electron chi connectivity index (χ0n) is 7.81. The Bertz CT molecular complexity index is 496. The van der Waals surface area contributed by atoms with Crippen molar-refractivity contribution >= 4 is 17.2 Å². The number of fused-ring (bicyclic) bond motifs is 1. The topological polar surface area (TPSA) is 58.6 Å². The summed E-state index contributed by atoms with van der Waals surface area (Å²) in [6.45, 7) is 0. The number of benzene rings is 2. The minimum Gasteiger partial charge on any atom is -0.504 e. The number of hydroxylamine groups is 1. The molecule has 0 heterocycles. The number of nitrogens with one attached hydrogen (secondary N) is 1. The molecule has 2 rings (SSSR count). The molecule has 0 atom stereocenters. The fourth-order valence-electron chi connectivity index (χ4n) is 1.42. The van der Waals surface area contributed by atoms with Crippen molar-refractivity contribution in [3.8, 4) is 11.5 Å². The molecule has 2 aromatic carbocycles. The van der Waals surface area contributed by atoms with Crippen LogP contribution in [0.2, 0.25) is 0 Å². The predicted molar refractivity (Wildman–Crippen MR) is 55.4 cm³/mol. The standard InChI is InChI=1S/C11H9NO3/c13-7-12-15-11-9-4-2-1-3-8(9)5-6-10(11)14/h1-7,14H,(H,12,13). The van der Waals surface area contributed by atoms with Gasteiger partial charge in [-0.2, -0.15) is 5.48 Å². The maximum Gasteiger partial charge on any atom is 0.239 e. The number of rotatable bonds is 3. The first kappa shape index (κ1) is 9.33. The molecule has 2 aromatic rings. The summed E-state index contributed by atoms with van der Waals surface area (Å²) in [5.41, 5.74) is 2.06. The Kier molecular flexibility index (Phi) is 2.41. The molecule has 15 heavy (non-hydrogen) atoms. The van der Waals surface area contributed by atoms with Crippen molar-refractivity contribution in [1.82, 2.24) is 5.48 Å². The normalized spacial score (nSPS) is 9.87. The SMILES string of the molecule is O=CNOc1c(O)ccc2ccccc12. The van der Waals surface area contributed by atoms with E-state index in [9.17, 15) is 9.90 Å². The van der Waals surface area contributed by atoms with Crippen LogP contribution in [0.25, 0.3) is 10.8 Å². The van der Waals surface area contributed by atoms with Crippen LogP contribution < -0.4 is 10.3 Å². The van der Waals surface area contributed by atoms with Crippen LogP contribution in [-0.2, 0) is 4.79 Å². The van der Waals surface area contributed by atoms with E-state index < -0.39 is 0 Å². The number of carbonyl (C=O) groups excluding carboxylic acids is 1. The van der Waals surface area contributed by atoms with Crippen molar-refractivity contribution in [3.05, 3.63) is 36.4 Å². The summed E-state index contributed by atoms with van der Waals surface area (Å²) in [5.74, 6) is 0.239. The lowest BCUT2D eigenvalue weighted by Crippen LogP contribution is -2.15. The summed E-state index contributed by atoms with van der Waals surface area (Å²) in [6.07, 6.45) is 0.404. The van der Waals surface area contributed by atoms with Gasteiger partial charge in [0.2, 0.25) is 12.2 Å². The second-order valence-corrected chi connectivity index (χ2v) is 2.97. The highest BCUT2D eigenvalue weighted by molar-refractivity contribution is 5.90. The summed E-state index contributed by atoms with van der Waals surface area (Å²) in [6, 6.07) is 10.7. The van der Waals surface area contributed by atoms with Gasteiger partial charge in [-0.3, -0.25) is 4.79 Å². The first-order valence-electron chi connectivity index (χ1n) is 4.39. The summed E-state index contributed by atoms with van der Waals surface area (Å²) in [5, 5.41) is 11.2. The highest BCUT2D eigenvalue weighted by Gasteiger charge is 2.07. The summed E-state index contributed by atoms with van der Waals surface area (Å²) >= 11 is 0. The molecule has 2 N–H and O–H groups in total. The molecule has 76 valence electrons. The average molecular weight is 203 g/mol. The van der Waals surface area contributed by atoms with Crippen LogP contribution in [0.1, 0.15) is 0 Å². The Morgan fingerprint density at radius 1 is 1.20 bits per heavy atom. The van der Waals surface area contributed by atoms with E-state index in [0.29, 0.717) is 6.41 Å². The second kappa shape index (κ2) is 3.88. The van der Waals surface area contributed by atoms with E-state index in [1.807, 2.05) is 18.2 Å². The van der Waals surface area contributed by atoms with Crippen LogP contribution in [0.15, 0.2) is 36.4 Å². The van der Waals surface area contributed by atoms with Crippen molar-refractivity contribution in [2.75, 3.05) is 0 Å². The molecule has 0 aliphatic carbocycles. The number of hydrogen-bond acceptors (Lipinski definition) is 3. The number of hydrogen-bond donors (Lipinski definition) is 2. The smallest absolute Gasteiger partial charge is 0.239 e. The molecule has 0 bridgehead atoms. The molecule has 4 heteroatoms. The summed E-state index contributed by atoms with van der Waals surface area (Å²) in [7, 11) is 0. The van der Waals surface area contributed by atoms with Gasteiger partial charge in [0, 0.05) is 5.39 Å². The zero-order chi connectivity index (χ0) is 10.7. The molecule has 0 saturated carbocycles. The van der Waals surface area contributed by atoms with Gasteiger partial charge >= 0.3 is 0 Å². The van der Waals surface area contributed by atoms with Gasteiger partial charge in [-0.25, -0.2) is 0 Å². The third kappa shape index (κ3) is 1.69. The molecule has 0 saturated heterocycles. The van der Waals surface area contributed by atoms with Crippen LogP contribution in [0.4, 0.5) is 0 Å². The van der Waals surface area contributed by atoms with Gasteiger partial charge in [-0.1, -0.05) is 30.3 Å². The molecule has 0 spiro atoms. The van der Waals surface area contributed by atoms with E-state index in [1.54, 1.807) is 12.1 Å². The van der Waals surface area contributed by atoms with Crippen LogP contribution in [0.5, 0.6) is 11.5 Å². The van der Waals surface area contributed by atoms with Gasteiger partial charge in [0.1, 0.15) is 0 Å². The van der Waals surface area contributed by atoms with E-state index in [-0.39, 0.29) is 11.5 Å². The largest absolute Gasteiger partial charge is 0.504 e. The van der Waals surface area contributed by atoms with E-state index in [0.717, 1.165) is 10.8 Å². The van der Waals surface area contributed by atoms with Gasteiger partial charge in [0.15, 0.2) is 5.75 Å². The fraction of sp³-hybridized carbons (Fsp3) is 0. The third-order valence-corrected chi connectivity index (χ3v) is 2.07. The molecular weight excluding hydrogens is 194 g/mol. The summed E-state index contributed by atoms with van der Waals surface area (Å²) in [4.78, 5) is 15.0. The minimum atomic E-state index is -0.0111. The molecular formula is C11H9NO3. The van der Waals surface area contributed by atoms with Crippen molar-refractivity contribution in [2.24, 2.45) is 0 Å². The van der Waals surface area contributed by atoms with Crippen molar-refractivity contribution in [1.29, 1.82) is 0 Å². The van der Waals surface area contributed by atoms with E-state index in [4.69, 9.17) is 4.84 Å². The quantitative estimate of drug-likeness (QED) is 0.588. The molecule has 0 unspecified atom stereocenters. The fourth-order valence-corrected chi connectivity index (χ4v) is 1.42. The molecule has 0 radical (unpaired) electrons. The molecule has 0 aromatic heterocycles. The highest BCUT2D eigenvalue weighted by Crippen LogP contribution is 2.33. The molecule has 0 aliphatic heterocycles. The lowest BCUT2D eigenvalue weighted by Gasteiger charge is -2.08. The van der Waals surface area contributed by atoms with E-state index in [2.05, 4.69) is 5.48 Å². The van der Waals surface area contributed by atoms with Crippen LogP contribution in [0, 0.1) is 0 Å². The minimum absolute atomic E-state index is 0.0111. The van der Waals surface area contributed by atoms with Crippen molar-refractivity contribution in [2.45, 2.75) is 0 Å². The second-order valence-electron chi connectivity index (χ2n) is 2.97. The number of phenolic OH excluding ortho intramolecular Hbond substituents is 1. The highest BCUT2D eigenvalue weighted by atomic mass is 16.7. The van der Waals surface area contributed by atoms with E-state index in [1.165, 1.54) is 6.07 Å². The van der Waals surface area contributed by atoms with Gasteiger partial charge in [-0.15, -0.1) is 0 Å². The maximum atomic E-state index is 10.1. The van der Waals surface area contributed by atoms with Gasteiger partial charge in [-0.05, 0) is 11.5 Å². The lowest BCUT2D eigenvalue weighted by atomic mass is 10.1. The monoisotopic (exact) mass is 203 g/mol. The first-order valence-corrected chi connectivity index (χ1v) is 4.39. The predicted octanol–water partition coefficient (Wildman–Crippen LogP) is 1.59. The molecule has 4 nitrogen and oxygen atoms in total. The first-order chi connectivity index (χ1) is 7.33. The van der Waals surface area contributed by atoms with Gasteiger partial charge in [0.05, 0.1) is 0 Å². The Labute approximate surface area is 86.1 Å². The molecule has 1 amide bonds. The number of aromatic hydroxyl groups is 1.